The lowest BCUT2D eigenvalue weighted by atomic mass is 10.2. The van der Waals surface area contributed by atoms with Crippen LogP contribution in [0.5, 0.6) is 0 Å². The first-order chi connectivity index (χ1) is 5.72. The van der Waals surface area contributed by atoms with E-state index in [1.54, 1.807) is 0 Å². The number of rotatable bonds is 3. The maximum Gasteiger partial charge on any atom is 0.216 e. The minimum absolute atomic E-state index is 0.0243. The second-order valence-corrected chi connectivity index (χ2v) is 3.08. The van der Waals surface area contributed by atoms with Gasteiger partial charge in [-0.15, -0.1) is 0 Å². The van der Waals surface area contributed by atoms with Crippen LogP contribution in [0.15, 0.2) is 0 Å². The van der Waals surface area contributed by atoms with Gasteiger partial charge in [-0.3, -0.25) is 4.79 Å². The molecule has 0 saturated carbocycles. The first-order valence-corrected chi connectivity index (χ1v) is 4.23. The smallest absolute Gasteiger partial charge is 0.216 e. The molecule has 1 saturated heterocycles. The van der Waals surface area contributed by atoms with Crippen LogP contribution in [0.2, 0.25) is 0 Å². The van der Waals surface area contributed by atoms with Gasteiger partial charge in [0.2, 0.25) is 5.91 Å². The second-order valence-electron chi connectivity index (χ2n) is 3.08. The van der Waals surface area contributed by atoms with Gasteiger partial charge in [0.1, 0.15) is 0 Å². The predicted octanol–water partition coefficient (Wildman–Crippen LogP) is -0.338. The summed E-state index contributed by atoms with van der Waals surface area (Å²) in [5.74, 6) is -0.0361. The number of aliphatic hydroxyl groups excluding tert-OH is 1. The topological polar surface area (TPSA) is 58.6 Å². The summed E-state index contributed by atoms with van der Waals surface area (Å²) in [4.78, 5) is 10.5. The van der Waals surface area contributed by atoms with E-state index in [4.69, 9.17) is 9.84 Å². The van der Waals surface area contributed by atoms with Gasteiger partial charge in [-0.2, -0.15) is 0 Å². The highest BCUT2D eigenvalue weighted by Gasteiger charge is 2.24. The van der Waals surface area contributed by atoms with Crippen molar-refractivity contribution in [3.05, 3.63) is 0 Å². The molecule has 4 heteroatoms. The van der Waals surface area contributed by atoms with Crippen LogP contribution in [0.25, 0.3) is 0 Å². The molecule has 70 valence electrons. The van der Waals surface area contributed by atoms with Crippen molar-refractivity contribution in [1.29, 1.82) is 0 Å². The molecule has 0 bridgehead atoms. The zero-order valence-corrected chi connectivity index (χ0v) is 7.25. The largest absolute Gasteiger partial charge is 0.394 e. The molecule has 1 aliphatic heterocycles. The molecule has 1 heterocycles. The average Bonchev–Trinajstić information content (AvgIpc) is 2.48. The zero-order chi connectivity index (χ0) is 8.97. The Hall–Kier alpha value is -0.610. The second kappa shape index (κ2) is 4.42. The molecule has 12 heavy (non-hydrogen) atoms. The summed E-state index contributed by atoms with van der Waals surface area (Å²) in [6.45, 7) is 2.13. The van der Waals surface area contributed by atoms with E-state index in [0.29, 0.717) is 6.54 Å². The van der Waals surface area contributed by atoms with Crippen molar-refractivity contribution in [3.8, 4) is 0 Å². The Labute approximate surface area is 71.9 Å². The third kappa shape index (κ3) is 2.79. The molecule has 0 aromatic heterocycles. The lowest BCUT2D eigenvalue weighted by Crippen LogP contribution is -2.30. The average molecular weight is 173 g/mol. The molecule has 1 fully saturated rings. The Bertz CT molecular complexity index is 160. The number of nitrogens with one attached hydrogen (secondary N) is 1. The number of ether oxygens (including phenoxy) is 1. The number of carbonyl (C=O) groups excluding carboxylic acids is 1. The molecule has 2 N–H and O–H groups in total. The van der Waals surface area contributed by atoms with Gasteiger partial charge in [0, 0.05) is 13.5 Å². The molecule has 1 aliphatic rings. The van der Waals surface area contributed by atoms with Gasteiger partial charge in [-0.1, -0.05) is 0 Å². The van der Waals surface area contributed by atoms with Crippen LogP contribution >= 0.6 is 0 Å². The highest BCUT2D eigenvalue weighted by Crippen LogP contribution is 2.18. The summed E-state index contributed by atoms with van der Waals surface area (Å²) in [6, 6.07) is 0. The van der Waals surface area contributed by atoms with Gasteiger partial charge in [0.15, 0.2) is 0 Å². The van der Waals surface area contributed by atoms with Crippen molar-refractivity contribution in [2.45, 2.75) is 32.0 Å². The predicted molar refractivity (Wildman–Crippen MR) is 43.7 cm³/mol. The van der Waals surface area contributed by atoms with E-state index in [0.717, 1.165) is 12.8 Å². The standard InChI is InChI=1S/C8H15NO3/c1-6(11)9-4-7-2-3-8(5-10)12-7/h7-8,10H,2-5H2,1H3,(H,9,11). The minimum Gasteiger partial charge on any atom is -0.394 e. The molecule has 0 aromatic carbocycles. The van der Waals surface area contributed by atoms with Crippen molar-refractivity contribution in [1.82, 2.24) is 5.32 Å². The summed E-state index contributed by atoms with van der Waals surface area (Å²) in [7, 11) is 0. The number of amides is 1. The summed E-state index contributed by atoms with van der Waals surface area (Å²) in [5, 5.41) is 11.4. The van der Waals surface area contributed by atoms with E-state index in [1.807, 2.05) is 0 Å². The van der Waals surface area contributed by atoms with Gasteiger partial charge in [-0.25, -0.2) is 0 Å². The van der Waals surface area contributed by atoms with Crippen molar-refractivity contribution >= 4 is 5.91 Å². The third-order valence-electron chi connectivity index (χ3n) is 1.98. The quantitative estimate of drug-likeness (QED) is 0.614. The fraction of sp³-hybridized carbons (Fsp3) is 0.875. The lowest BCUT2D eigenvalue weighted by Gasteiger charge is -2.11. The lowest BCUT2D eigenvalue weighted by molar-refractivity contribution is -0.119. The molecular weight excluding hydrogens is 158 g/mol. The van der Waals surface area contributed by atoms with Crippen LogP contribution in [0.4, 0.5) is 0 Å². The third-order valence-corrected chi connectivity index (χ3v) is 1.98. The van der Waals surface area contributed by atoms with E-state index >= 15 is 0 Å². The molecule has 0 radical (unpaired) electrons. The summed E-state index contributed by atoms with van der Waals surface area (Å²) >= 11 is 0. The van der Waals surface area contributed by atoms with Gasteiger partial charge in [0.05, 0.1) is 18.8 Å². The van der Waals surface area contributed by atoms with Crippen molar-refractivity contribution in [3.63, 3.8) is 0 Å². The Morgan fingerprint density at radius 1 is 1.58 bits per heavy atom. The monoisotopic (exact) mass is 173 g/mol. The minimum atomic E-state index is -0.0361. The fourth-order valence-electron chi connectivity index (χ4n) is 1.32. The van der Waals surface area contributed by atoms with E-state index in [2.05, 4.69) is 5.32 Å². The summed E-state index contributed by atoms with van der Waals surface area (Å²) in [6.07, 6.45) is 1.88. The molecule has 4 nitrogen and oxygen atoms in total. The normalized spacial score (nSPS) is 28.8. The zero-order valence-electron chi connectivity index (χ0n) is 7.25. The number of hydrogen-bond acceptors (Lipinski definition) is 3. The van der Waals surface area contributed by atoms with E-state index in [9.17, 15) is 4.79 Å². The van der Waals surface area contributed by atoms with Crippen LogP contribution < -0.4 is 5.32 Å². The Kier molecular flexibility index (Phi) is 3.49. The molecular formula is C8H15NO3. The van der Waals surface area contributed by atoms with E-state index in [1.165, 1.54) is 6.92 Å². The highest BCUT2D eigenvalue weighted by molar-refractivity contribution is 5.72. The van der Waals surface area contributed by atoms with Crippen molar-refractivity contribution in [2.24, 2.45) is 0 Å². The van der Waals surface area contributed by atoms with Crippen LogP contribution in [0.1, 0.15) is 19.8 Å². The Morgan fingerprint density at radius 3 is 2.75 bits per heavy atom. The molecule has 2 unspecified atom stereocenters. The summed E-state index contributed by atoms with van der Waals surface area (Å²) in [5.41, 5.74) is 0. The number of hydrogen-bond donors (Lipinski definition) is 2. The van der Waals surface area contributed by atoms with E-state index < -0.39 is 0 Å². The SMILES string of the molecule is CC(=O)NCC1CCC(CO)O1. The van der Waals surface area contributed by atoms with Gasteiger partial charge in [-0.05, 0) is 12.8 Å². The molecule has 1 rings (SSSR count). The Balaban J connectivity index is 2.15. The van der Waals surface area contributed by atoms with Gasteiger partial charge >= 0.3 is 0 Å². The molecule has 0 aliphatic carbocycles. The number of carbonyl (C=O) groups is 1. The van der Waals surface area contributed by atoms with E-state index in [-0.39, 0.29) is 24.7 Å². The Morgan fingerprint density at radius 2 is 2.25 bits per heavy atom. The highest BCUT2D eigenvalue weighted by atomic mass is 16.5. The molecule has 2 atom stereocenters. The van der Waals surface area contributed by atoms with Crippen LogP contribution in [-0.2, 0) is 9.53 Å². The van der Waals surface area contributed by atoms with Crippen LogP contribution in [0, 0.1) is 0 Å². The molecule has 0 spiro atoms. The van der Waals surface area contributed by atoms with Crippen molar-refractivity contribution < 1.29 is 14.6 Å². The maximum absolute atomic E-state index is 10.5. The first-order valence-electron chi connectivity index (χ1n) is 4.23. The summed E-state index contributed by atoms with van der Waals surface area (Å²) < 4.78 is 5.40. The molecule has 0 aromatic rings. The maximum atomic E-state index is 10.5. The van der Waals surface area contributed by atoms with Crippen LogP contribution in [0.3, 0.4) is 0 Å². The fourth-order valence-corrected chi connectivity index (χ4v) is 1.32. The first kappa shape index (κ1) is 9.48. The van der Waals surface area contributed by atoms with Crippen molar-refractivity contribution in [2.75, 3.05) is 13.2 Å². The van der Waals surface area contributed by atoms with Gasteiger partial charge in [0.25, 0.3) is 0 Å². The van der Waals surface area contributed by atoms with Crippen LogP contribution in [-0.4, -0.2) is 36.4 Å². The van der Waals surface area contributed by atoms with Gasteiger partial charge < -0.3 is 15.2 Å². The molecule has 1 amide bonds. The number of aliphatic hydroxyl groups is 1.